The van der Waals surface area contributed by atoms with Crippen LogP contribution < -0.4 is 5.32 Å². The van der Waals surface area contributed by atoms with E-state index in [9.17, 15) is 4.79 Å². The van der Waals surface area contributed by atoms with Crippen LogP contribution in [0.3, 0.4) is 0 Å². The van der Waals surface area contributed by atoms with Crippen LogP contribution in [0.25, 0.3) is 0 Å². The van der Waals surface area contributed by atoms with E-state index in [1.807, 2.05) is 12.1 Å². The first-order valence-electron chi connectivity index (χ1n) is 7.88. The zero-order chi connectivity index (χ0) is 15.1. The van der Waals surface area contributed by atoms with Crippen LogP contribution in [0.15, 0.2) is 48.5 Å². The third-order valence-corrected chi connectivity index (χ3v) is 5.21. The maximum atomic E-state index is 11.1. The standard InChI is InChI=1S/C19H19NO2.ClH/c21-19(22)13-7-5-12(6-8-13)18-15-4-2-1-3-14(15)17-11-20-10-9-16(17)18;/h1-8,16-18,20H,9-11H2,(H,21,22);1H. The summed E-state index contributed by atoms with van der Waals surface area (Å²) in [5.41, 5.74) is 4.49. The van der Waals surface area contributed by atoms with Crippen LogP contribution in [0, 0.1) is 5.92 Å². The Balaban J connectivity index is 0.00000156. The number of rotatable bonds is 2. The van der Waals surface area contributed by atoms with Gasteiger partial charge in [0, 0.05) is 18.4 Å². The second kappa shape index (κ2) is 6.34. The molecule has 4 rings (SSSR count). The van der Waals surface area contributed by atoms with Gasteiger partial charge in [-0.2, -0.15) is 0 Å². The highest BCUT2D eigenvalue weighted by Crippen LogP contribution is 2.51. The van der Waals surface area contributed by atoms with Crippen LogP contribution in [0.2, 0.25) is 0 Å². The molecule has 2 N–H and O–H groups in total. The molecule has 0 saturated carbocycles. The lowest BCUT2D eigenvalue weighted by molar-refractivity contribution is 0.0697. The van der Waals surface area contributed by atoms with Gasteiger partial charge in [0.25, 0.3) is 0 Å². The summed E-state index contributed by atoms with van der Waals surface area (Å²) in [5, 5.41) is 12.6. The predicted molar refractivity (Wildman–Crippen MR) is 92.7 cm³/mol. The van der Waals surface area contributed by atoms with Gasteiger partial charge in [0.1, 0.15) is 0 Å². The average Bonchev–Trinajstić information content (AvgIpc) is 2.89. The summed E-state index contributed by atoms with van der Waals surface area (Å²) < 4.78 is 0. The molecule has 3 unspecified atom stereocenters. The number of benzene rings is 2. The smallest absolute Gasteiger partial charge is 0.335 e. The molecule has 0 aromatic heterocycles. The van der Waals surface area contributed by atoms with Crippen molar-refractivity contribution in [2.45, 2.75) is 18.3 Å². The number of halogens is 1. The van der Waals surface area contributed by atoms with Crippen molar-refractivity contribution >= 4 is 18.4 Å². The Hall–Kier alpha value is -1.84. The number of piperidine rings is 1. The molecular formula is C19H20ClNO2. The molecule has 1 aliphatic heterocycles. The van der Waals surface area contributed by atoms with E-state index in [0.29, 0.717) is 23.3 Å². The van der Waals surface area contributed by atoms with Crippen molar-refractivity contribution in [1.82, 2.24) is 5.32 Å². The van der Waals surface area contributed by atoms with E-state index in [4.69, 9.17) is 5.11 Å². The van der Waals surface area contributed by atoms with Gasteiger partial charge in [0.05, 0.1) is 5.56 Å². The van der Waals surface area contributed by atoms with Crippen LogP contribution in [0.5, 0.6) is 0 Å². The van der Waals surface area contributed by atoms with E-state index < -0.39 is 5.97 Å². The highest BCUT2D eigenvalue weighted by molar-refractivity contribution is 5.87. The number of hydrogen-bond acceptors (Lipinski definition) is 2. The Morgan fingerprint density at radius 2 is 1.74 bits per heavy atom. The minimum atomic E-state index is -0.863. The summed E-state index contributed by atoms with van der Waals surface area (Å²) in [6.07, 6.45) is 1.17. The first-order chi connectivity index (χ1) is 10.8. The monoisotopic (exact) mass is 329 g/mol. The number of fused-ring (bicyclic) bond motifs is 3. The van der Waals surface area contributed by atoms with Crippen molar-refractivity contribution in [1.29, 1.82) is 0 Å². The van der Waals surface area contributed by atoms with Crippen LogP contribution in [0.4, 0.5) is 0 Å². The molecule has 0 amide bonds. The van der Waals surface area contributed by atoms with E-state index in [0.717, 1.165) is 13.1 Å². The third kappa shape index (κ3) is 2.64. The quantitative estimate of drug-likeness (QED) is 0.884. The first-order valence-corrected chi connectivity index (χ1v) is 7.88. The molecule has 1 fully saturated rings. The van der Waals surface area contributed by atoms with Crippen LogP contribution in [0.1, 0.15) is 45.3 Å². The minimum Gasteiger partial charge on any atom is -0.478 e. The van der Waals surface area contributed by atoms with E-state index >= 15 is 0 Å². The number of hydrogen-bond donors (Lipinski definition) is 2. The fraction of sp³-hybridized carbons (Fsp3) is 0.316. The molecule has 2 aliphatic rings. The summed E-state index contributed by atoms with van der Waals surface area (Å²) in [4.78, 5) is 11.1. The van der Waals surface area contributed by atoms with Crippen LogP contribution in [-0.2, 0) is 0 Å². The summed E-state index contributed by atoms with van der Waals surface area (Å²) in [5.74, 6) is 0.729. The SMILES string of the molecule is Cl.O=C(O)c1ccc(C2c3ccccc3C3CNCCC32)cc1. The second-order valence-electron chi connectivity index (χ2n) is 6.30. The van der Waals surface area contributed by atoms with E-state index in [-0.39, 0.29) is 12.4 Å². The molecule has 4 heteroatoms. The molecule has 0 spiro atoms. The Bertz CT molecular complexity index is 714. The Morgan fingerprint density at radius 3 is 2.43 bits per heavy atom. The fourth-order valence-corrected chi connectivity index (χ4v) is 4.24. The largest absolute Gasteiger partial charge is 0.478 e. The third-order valence-electron chi connectivity index (χ3n) is 5.21. The van der Waals surface area contributed by atoms with Crippen molar-refractivity contribution in [2.75, 3.05) is 13.1 Å². The molecule has 1 saturated heterocycles. The first kappa shape index (κ1) is 16.0. The van der Waals surface area contributed by atoms with Gasteiger partial charge in [0.2, 0.25) is 0 Å². The number of nitrogens with one attached hydrogen (secondary N) is 1. The average molecular weight is 330 g/mol. The Kier molecular flexibility index (Phi) is 4.42. The van der Waals surface area contributed by atoms with E-state index in [1.54, 1.807) is 12.1 Å². The lowest BCUT2D eigenvalue weighted by Gasteiger charge is -2.30. The second-order valence-corrected chi connectivity index (χ2v) is 6.30. The number of carboxylic acids is 1. The summed E-state index contributed by atoms with van der Waals surface area (Å²) >= 11 is 0. The molecule has 2 aromatic carbocycles. The van der Waals surface area contributed by atoms with E-state index in [1.165, 1.54) is 23.1 Å². The molecule has 120 valence electrons. The van der Waals surface area contributed by atoms with Gasteiger partial charge in [-0.05, 0) is 47.7 Å². The molecule has 2 aromatic rings. The lowest BCUT2D eigenvalue weighted by atomic mass is 9.78. The molecular weight excluding hydrogens is 310 g/mol. The van der Waals surface area contributed by atoms with Gasteiger partial charge in [-0.15, -0.1) is 12.4 Å². The van der Waals surface area contributed by atoms with Gasteiger partial charge in [-0.3, -0.25) is 0 Å². The fourth-order valence-electron chi connectivity index (χ4n) is 4.24. The number of carbonyl (C=O) groups is 1. The van der Waals surface area contributed by atoms with Gasteiger partial charge >= 0.3 is 5.97 Å². The molecule has 1 heterocycles. The zero-order valence-electron chi connectivity index (χ0n) is 12.7. The topological polar surface area (TPSA) is 49.3 Å². The van der Waals surface area contributed by atoms with Crippen molar-refractivity contribution < 1.29 is 9.90 Å². The van der Waals surface area contributed by atoms with Crippen molar-refractivity contribution in [3.8, 4) is 0 Å². The van der Waals surface area contributed by atoms with Crippen molar-refractivity contribution in [3.05, 3.63) is 70.8 Å². The maximum absolute atomic E-state index is 11.1. The van der Waals surface area contributed by atoms with E-state index in [2.05, 4.69) is 29.6 Å². The highest BCUT2D eigenvalue weighted by Gasteiger charge is 2.42. The Labute approximate surface area is 142 Å². The molecule has 0 bridgehead atoms. The summed E-state index contributed by atoms with van der Waals surface area (Å²) in [7, 11) is 0. The van der Waals surface area contributed by atoms with Crippen LogP contribution in [-0.4, -0.2) is 24.2 Å². The van der Waals surface area contributed by atoms with Gasteiger partial charge in [-0.1, -0.05) is 36.4 Å². The number of aromatic carboxylic acids is 1. The summed E-state index contributed by atoms with van der Waals surface area (Å²) in [6, 6.07) is 16.2. The van der Waals surface area contributed by atoms with Gasteiger partial charge in [-0.25, -0.2) is 4.79 Å². The zero-order valence-corrected chi connectivity index (χ0v) is 13.6. The predicted octanol–water partition coefficient (Wildman–Crippen LogP) is 3.65. The van der Waals surface area contributed by atoms with Gasteiger partial charge < -0.3 is 10.4 Å². The number of carboxylic acid groups (broad SMARTS) is 1. The molecule has 3 nitrogen and oxygen atoms in total. The van der Waals surface area contributed by atoms with Gasteiger partial charge in [0.15, 0.2) is 0 Å². The maximum Gasteiger partial charge on any atom is 0.335 e. The molecule has 1 aliphatic carbocycles. The molecule has 3 atom stereocenters. The summed E-state index contributed by atoms with van der Waals surface area (Å²) in [6.45, 7) is 2.12. The normalized spacial score (nSPS) is 25.1. The van der Waals surface area contributed by atoms with Crippen molar-refractivity contribution in [3.63, 3.8) is 0 Å². The van der Waals surface area contributed by atoms with Crippen molar-refractivity contribution in [2.24, 2.45) is 5.92 Å². The Morgan fingerprint density at radius 1 is 1.04 bits per heavy atom. The lowest BCUT2D eigenvalue weighted by Crippen LogP contribution is -2.34. The molecule has 0 radical (unpaired) electrons. The molecule has 23 heavy (non-hydrogen) atoms. The highest BCUT2D eigenvalue weighted by atomic mass is 35.5. The minimum absolute atomic E-state index is 0. The van der Waals surface area contributed by atoms with Crippen LogP contribution >= 0.6 is 12.4 Å².